The average Bonchev–Trinajstić information content (AvgIpc) is 2.57. The van der Waals surface area contributed by atoms with Gasteiger partial charge >= 0.3 is 0 Å². The third-order valence-electron chi connectivity index (χ3n) is 2.01. The van der Waals surface area contributed by atoms with Gasteiger partial charge in [-0.2, -0.15) is 4.98 Å². The molecule has 0 aliphatic rings. The van der Waals surface area contributed by atoms with Crippen molar-refractivity contribution in [1.29, 1.82) is 0 Å². The highest BCUT2D eigenvalue weighted by Gasteiger charge is 2.03. The van der Waals surface area contributed by atoms with Gasteiger partial charge in [-0.3, -0.25) is 0 Å². The van der Waals surface area contributed by atoms with Crippen LogP contribution in [0.2, 0.25) is 5.28 Å². The maximum atomic E-state index is 5.71. The van der Waals surface area contributed by atoms with Crippen molar-refractivity contribution in [3.8, 4) is 0 Å². The topological polar surface area (TPSA) is 39.9 Å². The second-order valence-electron chi connectivity index (χ2n) is 2.92. The Kier molecular flexibility index (Phi) is 2.65. The van der Waals surface area contributed by atoms with Gasteiger partial charge in [0, 0.05) is 31.4 Å². The summed E-state index contributed by atoms with van der Waals surface area (Å²) in [7, 11) is 1.67. The molecule has 0 aromatic carbocycles. The van der Waals surface area contributed by atoms with E-state index >= 15 is 0 Å². The lowest BCUT2D eigenvalue weighted by Gasteiger charge is -2.02. The lowest BCUT2D eigenvalue weighted by atomic mass is 10.4. The first kappa shape index (κ1) is 9.43. The number of ether oxygens (including phenoxy) is 1. The average molecular weight is 212 g/mol. The number of fused-ring (bicyclic) bond motifs is 1. The minimum absolute atomic E-state index is 0.273. The summed E-state index contributed by atoms with van der Waals surface area (Å²) in [5, 5.41) is 1.26. The van der Waals surface area contributed by atoms with Crippen LogP contribution in [0.5, 0.6) is 0 Å². The van der Waals surface area contributed by atoms with Crippen molar-refractivity contribution in [2.45, 2.75) is 6.54 Å². The molecule has 0 fully saturated rings. The van der Waals surface area contributed by atoms with Gasteiger partial charge in [-0.05, 0) is 17.7 Å². The summed E-state index contributed by atoms with van der Waals surface area (Å²) in [6.45, 7) is 1.43. The Bertz CT molecular complexity index is 441. The Morgan fingerprint density at radius 1 is 1.57 bits per heavy atom. The predicted molar refractivity (Wildman–Crippen MR) is 54.4 cm³/mol. The fourth-order valence-corrected chi connectivity index (χ4v) is 1.45. The zero-order chi connectivity index (χ0) is 9.97. The van der Waals surface area contributed by atoms with Crippen LogP contribution in [0.1, 0.15) is 0 Å². The summed E-state index contributed by atoms with van der Waals surface area (Å²) in [6, 6.07) is 1.96. The molecule has 0 saturated heterocycles. The lowest BCUT2D eigenvalue weighted by molar-refractivity contribution is 0.188. The van der Waals surface area contributed by atoms with Gasteiger partial charge in [-0.15, -0.1) is 0 Å². The molecule has 4 nitrogen and oxygen atoms in total. The van der Waals surface area contributed by atoms with E-state index in [1.54, 1.807) is 13.3 Å². The fourth-order valence-electron chi connectivity index (χ4n) is 1.32. The second kappa shape index (κ2) is 3.94. The Morgan fingerprint density at radius 2 is 2.43 bits per heavy atom. The molecular formula is C9H10ClN3O. The van der Waals surface area contributed by atoms with Crippen molar-refractivity contribution < 1.29 is 4.74 Å². The van der Waals surface area contributed by atoms with Crippen LogP contribution >= 0.6 is 11.6 Å². The normalized spacial score (nSPS) is 11.0. The zero-order valence-electron chi connectivity index (χ0n) is 7.77. The second-order valence-corrected chi connectivity index (χ2v) is 3.26. The van der Waals surface area contributed by atoms with Crippen LogP contribution in [-0.2, 0) is 11.3 Å². The summed E-state index contributed by atoms with van der Waals surface area (Å²) in [6.07, 6.45) is 3.67. The third kappa shape index (κ3) is 1.71. The van der Waals surface area contributed by atoms with E-state index < -0.39 is 0 Å². The number of nitrogens with zero attached hydrogens (tertiary/aromatic N) is 3. The number of hydrogen-bond donors (Lipinski definition) is 0. The first-order chi connectivity index (χ1) is 6.81. The van der Waals surface area contributed by atoms with Gasteiger partial charge in [-0.25, -0.2) is 4.98 Å². The molecule has 0 N–H and O–H groups in total. The van der Waals surface area contributed by atoms with E-state index in [0.29, 0.717) is 6.61 Å². The van der Waals surface area contributed by atoms with Gasteiger partial charge in [0.1, 0.15) is 5.65 Å². The number of rotatable bonds is 3. The van der Waals surface area contributed by atoms with Crippen molar-refractivity contribution >= 4 is 22.6 Å². The maximum Gasteiger partial charge on any atom is 0.224 e. The van der Waals surface area contributed by atoms with Gasteiger partial charge in [-0.1, -0.05) is 0 Å². The third-order valence-corrected chi connectivity index (χ3v) is 2.19. The van der Waals surface area contributed by atoms with Crippen molar-refractivity contribution in [3.63, 3.8) is 0 Å². The standard InChI is InChI=1S/C9H10ClN3O/c1-14-5-4-13-3-2-7-6-11-9(10)12-8(7)13/h2-3,6H,4-5H2,1H3. The van der Waals surface area contributed by atoms with Gasteiger partial charge < -0.3 is 9.30 Å². The molecule has 0 aliphatic carbocycles. The molecule has 74 valence electrons. The molecule has 5 heteroatoms. The Morgan fingerprint density at radius 3 is 3.21 bits per heavy atom. The largest absolute Gasteiger partial charge is 0.383 e. The fraction of sp³-hybridized carbons (Fsp3) is 0.333. The Hall–Kier alpha value is -1.13. The van der Waals surface area contributed by atoms with Crippen LogP contribution in [0.4, 0.5) is 0 Å². The van der Waals surface area contributed by atoms with Crippen LogP contribution in [0.25, 0.3) is 11.0 Å². The first-order valence-corrected chi connectivity index (χ1v) is 4.65. The predicted octanol–water partition coefficient (Wildman–Crippen LogP) is 1.73. The number of hydrogen-bond acceptors (Lipinski definition) is 3. The highest BCUT2D eigenvalue weighted by atomic mass is 35.5. The SMILES string of the molecule is COCCn1ccc2cnc(Cl)nc21. The molecule has 0 atom stereocenters. The number of aromatic nitrogens is 3. The molecule has 0 unspecified atom stereocenters. The molecule has 2 heterocycles. The summed E-state index contributed by atoms with van der Waals surface area (Å²) < 4.78 is 6.99. The van der Waals surface area contributed by atoms with Crippen molar-refractivity contribution in [2.24, 2.45) is 0 Å². The molecule has 14 heavy (non-hydrogen) atoms. The quantitative estimate of drug-likeness (QED) is 0.726. The summed E-state index contributed by atoms with van der Waals surface area (Å²) in [5.74, 6) is 0. The highest BCUT2D eigenvalue weighted by molar-refractivity contribution is 6.28. The summed E-state index contributed by atoms with van der Waals surface area (Å²) in [4.78, 5) is 8.06. The van der Waals surface area contributed by atoms with E-state index in [4.69, 9.17) is 16.3 Å². The number of methoxy groups -OCH3 is 1. The monoisotopic (exact) mass is 211 g/mol. The number of halogens is 1. The van der Waals surface area contributed by atoms with E-state index in [-0.39, 0.29) is 5.28 Å². The Labute approximate surface area is 86.5 Å². The summed E-state index contributed by atoms with van der Waals surface area (Å²) in [5.41, 5.74) is 0.849. The van der Waals surface area contributed by atoms with Gasteiger partial charge in [0.15, 0.2) is 0 Å². The molecular weight excluding hydrogens is 202 g/mol. The molecule has 2 aromatic rings. The molecule has 0 saturated carbocycles. The van der Waals surface area contributed by atoms with E-state index in [0.717, 1.165) is 17.6 Å². The minimum Gasteiger partial charge on any atom is -0.383 e. The van der Waals surface area contributed by atoms with Crippen LogP contribution in [0, 0.1) is 0 Å². The molecule has 0 spiro atoms. The molecule has 2 aromatic heterocycles. The smallest absolute Gasteiger partial charge is 0.224 e. The van der Waals surface area contributed by atoms with Gasteiger partial charge in [0.05, 0.1) is 6.61 Å². The molecule has 2 rings (SSSR count). The van der Waals surface area contributed by atoms with Crippen molar-refractivity contribution in [1.82, 2.24) is 14.5 Å². The highest BCUT2D eigenvalue weighted by Crippen LogP contribution is 2.13. The first-order valence-electron chi connectivity index (χ1n) is 4.27. The summed E-state index contributed by atoms with van der Waals surface area (Å²) >= 11 is 5.71. The van der Waals surface area contributed by atoms with Crippen LogP contribution < -0.4 is 0 Å². The molecule has 0 aliphatic heterocycles. The maximum absolute atomic E-state index is 5.71. The van der Waals surface area contributed by atoms with Crippen LogP contribution in [-0.4, -0.2) is 28.3 Å². The van der Waals surface area contributed by atoms with Crippen LogP contribution in [0.15, 0.2) is 18.5 Å². The lowest BCUT2D eigenvalue weighted by Crippen LogP contribution is -2.03. The molecule has 0 bridgehead atoms. The van der Waals surface area contributed by atoms with Gasteiger partial charge in [0.2, 0.25) is 5.28 Å². The van der Waals surface area contributed by atoms with Crippen molar-refractivity contribution in [3.05, 3.63) is 23.7 Å². The van der Waals surface area contributed by atoms with E-state index in [1.807, 2.05) is 16.8 Å². The van der Waals surface area contributed by atoms with E-state index in [9.17, 15) is 0 Å². The van der Waals surface area contributed by atoms with Crippen molar-refractivity contribution in [2.75, 3.05) is 13.7 Å². The Balaban J connectivity index is 2.40. The van der Waals surface area contributed by atoms with Crippen LogP contribution in [0.3, 0.4) is 0 Å². The zero-order valence-corrected chi connectivity index (χ0v) is 8.53. The van der Waals surface area contributed by atoms with E-state index in [2.05, 4.69) is 9.97 Å². The van der Waals surface area contributed by atoms with E-state index in [1.165, 1.54) is 0 Å². The van der Waals surface area contributed by atoms with Gasteiger partial charge in [0.25, 0.3) is 0 Å². The molecule has 0 radical (unpaired) electrons. The molecule has 0 amide bonds. The minimum atomic E-state index is 0.273.